The molecule has 0 spiro atoms. The number of rotatable bonds is 7. The van der Waals surface area contributed by atoms with E-state index in [2.05, 4.69) is 5.32 Å². The lowest BCUT2D eigenvalue weighted by Gasteiger charge is -2.22. The van der Waals surface area contributed by atoms with Gasteiger partial charge in [0.05, 0.1) is 18.8 Å². The molecule has 1 amide bonds. The number of aromatic nitrogens is 1. The first-order chi connectivity index (χ1) is 15.1. The fraction of sp³-hybridized carbons (Fsp3) is 0.542. The van der Waals surface area contributed by atoms with Crippen molar-refractivity contribution < 1.29 is 28.6 Å². The van der Waals surface area contributed by atoms with Crippen molar-refractivity contribution in [2.75, 3.05) is 19.8 Å². The molecule has 0 radical (unpaired) electrons. The van der Waals surface area contributed by atoms with E-state index in [9.17, 15) is 14.4 Å². The first kappa shape index (κ1) is 27.0. The Morgan fingerprint density at radius 2 is 1.59 bits per heavy atom. The van der Waals surface area contributed by atoms with E-state index < -0.39 is 23.6 Å². The molecule has 32 heavy (non-hydrogen) atoms. The maximum atomic E-state index is 12.5. The lowest BCUT2D eigenvalue weighted by Crippen LogP contribution is -2.35. The van der Waals surface area contributed by atoms with Gasteiger partial charge in [-0.2, -0.15) is 0 Å². The van der Waals surface area contributed by atoms with Crippen LogP contribution >= 0.6 is 0 Å². The molecule has 0 fully saturated rings. The average molecular weight is 449 g/mol. The smallest absolute Gasteiger partial charge is 0.407 e. The molecule has 0 bridgehead atoms. The lowest BCUT2D eigenvalue weighted by molar-refractivity contribution is 0.0505. The summed E-state index contributed by atoms with van der Waals surface area (Å²) < 4.78 is 17.3. The average Bonchev–Trinajstić information content (AvgIpc) is 3.11. The van der Waals surface area contributed by atoms with E-state index in [4.69, 9.17) is 14.2 Å². The molecule has 1 unspecified atom stereocenters. The minimum atomic E-state index is -0.613. The van der Waals surface area contributed by atoms with Gasteiger partial charge in [-0.3, -0.25) is 0 Å². The highest BCUT2D eigenvalue weighted by molar-refractivity contribution is 5.99. The molecule has 8 nitrogen and oxygen atoms in total. The number of carbonyl (C=O) groups excluding carboxylic acids is 3. The number of nitrogens with one attached hydrogen (secondary N) is 1. The molecular weight excluding hydrogens is 412 g/mol. The normalized spacial score (nSPS) is 11.8. The zero-order valence-electron chi connectivity index (χ0n) is 20.4. The van der Waals surface area contributed by atoms with Crippen molar-refractivity contribution in [2.45, 2.75) is 67.0 Å². The van der Waals surface area contributed by atoms with Gasteiger partial charge in [0, 0.05) is 23.5 Å². The van der Waals surface area contributed by atoms with Gasteiger partial charge in [-0.1, -0.05) is 19.9 Å². The van der Waals surface area contributed by atoms with Crippen LogP contribution in [0.3, 0.4) is 0 Å². The number of benzene rings is 1. The van der Waals surface area contributed by atoms with Crippen LogP contribution in [-0.2, 0) is 14.2 Å². The predicted molar refractivity (Wildman–Crippen MR) is 124 cm³/mol. The van der Waals surface area contributed by atoms with Crippen LogP contribution in [0.25, 0.3) is 10.9 Å². The third-order valence-corrected chi connectivity index (χ3v) is 4.22. The molecule has 1 heterocycles. The Bertz CT molecular complexity index is 926. The van der Waals surface area contributed by atoms with Crippen LogP contribution < -0.4 is 5.32 Å². The Kier molecular flexibility index (Phi) is 10.2. The molecule has 0 saturated carbocycles. The third-order valence-electron chi connectivity index (χ3n) is 4.22. The van der Waals surface area contributed by atoms with Gasteiger partial charge < -0.3 is 24.1 Å². The summed E-state index contributed by atoms with van der Waals surface area (Å²) in [5.74, 6) is -0.917. The zero-order valence-corrected chi connectivity index (χ0v) is 20.4. The summed E-state index contributed by atoms with van der Waals surface area (Å²) in [5, 5.41) is 3.50. The monoisotopic (exact) mass is 448 g/mol. The molecule has 1 N–H and O–H groups in total. The maximum absolute atomic E-state index is 12.5. The molecule has 1 atom stereocenters. The summed E-state index contributed by atoms with van der Waals surface area (Å²) >= 11 is 0. The van der Waals surface area contributed by atoms with Crippen LogP contribution in [-0.4, -0.2) is 48.0 Å². The highest BCUT2D eigenvalue weighted by Crippen LogP contribution is 2.26. The van der Waals surface area contributed by atoms with Crippen LogP contribution in [0.2, 0.25) is 0 Å². The number of amides is 1. The Hall–Kier alpha value is -3.03. The molecule has 2 rings (SSSR count). The van der Waals surface area contributed by atoms with Crippen molar-refractivity contribution in [1.29, 1.82) is 0 Å². The highest BCUT2D eigenvalue weighted by Gasteiger charge is 2.23. The number of carbonyl (C=O) groups is 3. The van der Waals surface area contributed by atoms with Gasteiger partial charge in [0.25, 0.3) is 0 Å². The SMILES string of the molecule is CC.CCOC(=O)c1ccc2cc(C(=O)OCC)n(C(C)CNC(=O)OC(C)(C)C)c2c1. The predicted octanol–water partition coefficient (Wildman–Crippen LogP) is 5.11. The van der Waals surface area contributed by atoms with Crippen LogP contribution in [0.4, 0.5) is 4.79 Å². The summed E-state index contributed by atoms with van der Waals surface area (Å²) in [7, 11) is 0. The summed E-state index contributed by atoms with van der Waals surface area (Å²) in [4.78, 5) is 36.7. The summed E-state index contributed by atoms with van der Waals surface area (Å²) in [6.07, 6.45) is -0.546. The minimum absolute atomic E-state index is 0.217. The number of nitrogens with zero attached hydrogens (tertiary/aromatic N) is 1. The number of fused-ring (bicyclic) bond motifs is 1. The Morgan fingerprint density at radius 3 is 2.16 bits per heavy atom. The molecule has 8 heteroatoms. The topological polar surface area (TPSA) is 95.9 Å². The van der Waals surface area contributed by atoms with Gasteiger partial charge in [0.15, 0.2) is 0 Å². The van der Waals surface area contributed by atoms with Crippen LogP contribution in [0.15, 0.2) is 24.3 Å². The van der Waals surface area contributed by atoms with Crippen molar-refractivity contribution >= 4 is 28.9 Å². The maximum Gasteiger partial charge on any atom is 0.407 e. The van der Waals surface area contributed by atoms with E-state index in [1.165, 1.54) is 0 Å². The van der Waals surface area contributed by atoms with Gasteiger partial charge in [0.2, 0.25) is 0 Å². The van der Waals surface area contributed by atoms with Crippen LogP contribution in [0.5, 0.6) is 0 Å². The van der Waals surface area contributed by atoms with E-state index in [0.717, 1.165) is 5.39 Å². The molecule has 0 aliphatic rings. The standard InChI is InChI=1S/C22H30N2O6.C2H6/c1-7-28-19(25)16-10-9-15-11-18(20(26)29-8-2)24(17(15)12-16)14(3)13-23-21(27)30-22(4,5)6;1-2/h9-12,14H,7-8,13H2,1-6H3,(H,23,27);1-2H3. The van der Waals surface area contributed by atoms with Gasteiger partial charge in [-0.25, -0.2) is 14.4 Å². The molecule has 1 aromatic heterocycles. The van der Waals surface area contributed by atoms with E-state index >= 15 is 0 Å². The molecule has 0 saturated heterocycles. The van der Waals surface area contributed by atoms with E-state index in [1.807, 2.05) is 20.8 Å². The van der Waals surface area contributed by atoms with Gasteiger partial charge in [-0.05, 0) is 59.7 Å². The summed E-state index contributed by atoms with van der Waals surface area (Å²) in [6.45, 7) is 15.4. The number of ether oxygens (including phenoxy) is 3. The van der Waals surface area contributed by atoms with Crippen molar-refractivity contribution in [2.24, 2.45) is 0 Å². The molecule has 0 aliphatic heterocycles. The van der Waals surface area contributed by atoms with Crippen molar-refractivity contribution in [3.05, 3.63) is 35.5 Å². The fourth-order valence-corrected chi connectivity index (χ4v) is 3.04. The zero-order chi connectivity index (χ0) is 24.5. The van der Waals surface area contributed by atoms with Crippen molar-refractivity contribution in [3.63, 3.8) is 0 Å². The number of alkyl carbamates (subject to hydrolysis) is 1. The highest BCUT2D eigenvalue weighted by atomic mass is 16.6. The third kappa shape index (κ3) is 7.28. The van der Waals surface area contributed by atoms with Crippen molar-refractivity contribution in [3.8, 4) is 0 Å². The Morgan fingerprint density at radius 1 is 1.00 bits per heavy atom. The van der Waals surface area contributed by atoms with Gasteiger partial charge in [0.1, 0.15) is 11.3 Å². The first-order valence-electron chi connectivity index (χ1n) is 11.0. The largest absolute Gasteiger partial charge is 0.462 e. The van der Waals surface area contributed by atoms with Gasteiger partial charge in [-0.15, -0.1) is 0 Å². The summed E-state index contributed by atoms with van der Waals surface area (Å²) in [5.41, 5.74) is 0.776. The van der Waals surface area contributed by atoms with Crippen LogP contribution in [0, 0.1) is 0 Å². The lowest BCUT2D eigenvalue weighted by atomic mass is 10.1. The number of hydrogen-bond donors (Lipinski definition) is 1. The van der Waals surface area contributed by atoms with Crippen LogP contribution in [0.1, 0.15) is 82.3 Å². The number of esters is 2. The minimum Gasteiger partial charge on any atom is -0.462 e. The van der Waals surface area contributed by atoms with E-state index in [1.54, 1.807) is 63.5 Å². The van der Waals surface area contributed by atoms with E-state index in [0.29, 0.717) is 16.8 Å². The Balaban J connectivity index is 0.00000249. The Labute approximate surface area is 190 Å². The molecular formula is C24H36N2O6. The second-order valence-electron chi connectivity index (χ2n) is 7.85. The second-order valence-corrected chi connectivity index (χ2v) is 7.85. The first-order valence-corrected chi connectivity index (χ1v) is 11.0. The number of hydrogen-bond acceptors (Lipinski definition) is 6. The summed E-state index contributed by atoms with van der Waals surface area (Å²) in [6, 6.07) is 6.50. The fourth-order valence-electron chi connectivity index (χ4n) is 3.04. The molecule has 2 aromatic rings. The van der Waals surface area contributed by atoms with E-state index in [-0.39, 0.29) is 25.8 Å². The molecule has 178 valence electrons. The van der Waals surface area contributed by atoms with Gasteiger partial charge >= 0.3 is 18.0 Å². The quantitative estimate of drug-likeness (QED) is 0.467. The molecule has 0 aliphatic carbocycles. The second kappa shape index (κ2) is 12.1. The molecule has 1 aromatic carbocycles. The van der Waals surface area contributed by atoms with Crippen molar-refractivity contribution in [1.82, 2.24) is 9.88 Å².